The van der Waals surface area contributed by atoms with Crippen LogP contribution in [0.25, 0.3) is 10.5 Å². The third-order valence-electron chi connectivity index (χ3n) is 7.53. The molecule has 1 aromatic heterocycles. The Labute approximate surface area is 266 Å². The van der Waals surface area contributed by atoms with Gasteiger partial charge in [0.1, 0.15) is 27.0 Å². The zero-order valence-corrected chi connectivity index (χ0v) is 26.6. The molecule has 0 radical (unpaired) electrons. The molecule has 4 aliphatic rings. The number of carbonyl (C=O) groups excluding carboxylic acids is 1. The number of carbonyl (C=O) groups is 3. The molecule has 2 fully saturated rings. The van der Waals surface area contributed by atoms with Gasteiger partial charge in [-0.1, -0.05) is 30.9 Å². The number of amides is 1. The summed E-state index contributed by atoms with van der Waals surface area (Å²) in [6.07, 6.45) is 2.02. The fourth-order valence-electron chi connectivity index (χ4n) is 5.49. The predicted molar refractivity (Wildman–Crippen MR) is 163 cm³/mol. The van der Waals surface area contributed by atoms with Crippen LogP contribution in [0.2, 0.25) is 0 Å². The number of benzene rings is 1. The first-order chi connectivity index (χ1) is 20.8. The van der Waals surface area contributed by atoms with E-state index in [0.717, 1.165) is 32.6 Å². The molecule has 2 atom stereocenters. The molecule has 1 spiro atoms. The number of hydrogen-bond donors (Lipinski definition) is 2. The van der Waals surface area contributed by atoms with Crippen LogP contribution in [-0.2, 0) is 31.0 Å². The van der Waals surface area contributed by atoms with E-state index in [2.05, 4.69) is 0 Å². The molecule has 2 saturated heterocycles. The smallest absolute Gasteiger partial charge is 0.323 e. The lowest BCUT2D eigenvalue weighted by Crippen LogP contribution is -2.66. The molecule has 19 heteroatoms. The maximum absolute atomic E-state index is 13.7. The molecule has 0 saturated carbocycles. The van der Waals surface area contributed by atoms with Crippen LogP contribution in [-0.4, -0.2) is 80.1 Å². The zero-order valence-electron chi connectivity index (χ0n) is 22.5. The van der Waals surface area contributed by atoms with Gasteiger partial charge in [0.25, 0.3) is 11.5 Å². The van der Waals surface area contributed by atoms with E-state index in [-0.39, 0.29) is 42.5 Å². The van der Waals surface area contributed by atoms with E-state index in [4.69, 9.17) is 21.7 Å². The van der Waals surface area contributed by atoms with Crippen molar-refractivity contribution in [3.05, 3.63) is 42.8 Å². The first-order valence-corrected chi connectivity index (χ1v) is 17.2. The SMILES string of the molecule is CCC(C=C1Sc2cc3c(cc2[N+]12CCC2S(=O)(=O)[O-])OCO3)=c1s/c(=C2\SC(=S)N(CC(=O)O)C2=O)n(CC(=O)O)c1=O. The molecule has 0 bridgehead atoms. The number of rotatable bonds is 7. The Bertz CT molecular complexity index is 2020. The van der Waals surface area contributed by atoms with Crippen LogP contribution >= 0.6 is 47.1 Å². The van der Waals surface area contributed by atoms with Crippen LogP contribution in [0.1, 0.15) is 19.8 Å². The van der Waals surface area contributed by atoms with Crippen LogP contribution in [0.5, 0.6) is 11.5 Å². The monoisotopic (exact) mass is 699 g/mol. The molecule has 5 heterocycles. The second kappa shape index (κ2) is 11.0. The van der Waals surface area contributed by atoms with Crippen molar-refractivity contribution in [1.82, 2.24) is 14.0 Å². The van der Waals surface area contributed by atoms with E-state index >= 15 is 0 Å². The van der Waals surface area contributed by atoms with Gasteiger partial charge in [-0.05, 0) is 23.8 Å². The highest BCUT2D eigenvalue weighted by Crippen LogP contribution is 2.60. The maximum atomic E-state index is 13.7. The van der Waals surface area contributed by atoms with Gasteiger partial charge in [0.05, 0.1) is 22.4 Å². The first-order valence-electron chi connectivity index (χ1n) is 12.9. The van der Waals surface area contributed by atoms with Crippen LogP contribution in [0.3, 0.4) is 0 Å². The average molecular weight is 700 g/mol. The predicted octanol–water partition coefficient (Wildman–Crippen LogP) is 0.567. The van der Waals surface area contributed by atoms with Gasteiger partial charge in [0, 0.05) is 18.2 Å². The summed E-state index contributed by atoms with van der Waals surface area (Å²) in [5, 5.41) is 17.9. The molecule has 2 aromatic rings. The molecule has 2 unspecified atom stereocenters. The fraction of sp³-hybridized carbons (Fsp3) is 0.320. The summed E-state index contributed by atoms with van der Waals surface area (Å²) >= 11 is 8.04. The Hall–Kier alpha value is -3.20. The van der Waals surface area contributed by atoms with Crippen molar-refractivity contribution in [1.29, 1.82) is 0 Å². The van der Waals surface area contributed by atoms with Crippen LogP contribution in [0.15, 0.2) is 32.9 Å². The standard InChI is InChI=1S/C25H21N3O11S5/c1-2-11(20-22(33)26(8-18(29)30)24(42-20)21-23(34)27(9-19(31)32)25(40)43-21)5-16-28(4-3-17(28)44(35,36)37)12-6-13-14(39-10-38-13)7-15(12)41-16/h5-7,17H,2-4,8-10H2,1H3,(H2-,29,30,31,32,35,36,37)/b16-5?,20-11?,24-21-. The Kier molecular flexibility index (Phi) is 7.70. The number of aromatic nitrogens is 1. The molecule has 0 aliphatic carbocycles. The highest BCUT2D eigenvalue weighted by molar-refractivity contribution is 8.30. The zero-order chi connectivity index (χ0) is 31.7. The quantitative estimate of drug-likeness (QED) is 0.231. The summed E-state index contributed by atoms with van der Waals surface area (Å²) in [6.45, 7) is 0.584. The van der Waals surface area contributed by atoms with Gasteiger partial charge >= 0.3 is 11.9 Å². The maximum Gasteiger partial charge on any atom is 0.323 e. The lowest BCUT2D eigenvalue weighted by atomic mass is 10.1. The van der Waals surface area contributed by atoms with Crippen molar-refractivity contribution in [2.45, 2.75) is 36.6 Å². The fourth-order valence-corrected chi connectivity index (χ4v) is 10.8. The molecule has 232 valence electrons. The Morgan fingerprint density at radius 2 is 1.84 bits per heavy atom. The highest BCUT2D eigenvalue weighted by Gasteiger charge is 2.60. The van der Waals surface area contributed by atoms with Crippen LogP contribution < -0.4 is 28.7 Å². The molecule has 4 aliphatic heterocycles. The summed E-state index contributed by atoms with van der Waals surface area (Å²) in [7, 11) is -4.76. The van der Waals surface area contributed by atoms with Gasteiger partial charge in [-0.2, -0.15) is 0 Å². The Balaban J connectivity index is 1.57. The van der Waals surface area contributed by atoms with Crippen molar-refractivity contribution >= 4 is 95.5 Å². The van der Waals surface area contributed by atoms with E-state index in [1.165, 1.54) is 11.8 Å². The van der Waals surface area contributed by atoms with E-state index in [1.54, 1.807) is 25.1 Å². The number of aliphatic carboxylic acids is 2. The number of nitrogens with zero attached hydrogens (tertiary/aromatic N) is 3. The summed E-state index contributed by atoms with van der Waals surface area (Å²) in [6, 6.07) is 3.39. The molecule has 2 N–H and O–H groups in total. The first kappa shape index (κ1) is 30.8. The van der Waals surface area contributed by atoms with Crippen molar-refractivity contribution in [3.8, 4) is 11.5 Å². The van der Waals surface area contributed by atoms with E-state index in [0.29, 0.717) is 39.2 Å². The number of fused-ring (bicyclic) bond motifs is 3. The van der Waals surface area contributed by atoms with Crippen molar-refractivity contribution in [2.75, 3.05) is 19.9 Å². The number of allylic oxidation sites excluding steroid dienone is 1. The molecular weight excluding hydrogens is 679 g/mol. The summed E-state index contributed by atoms with van der Waals surface area (Å²) in [5.41, 5.74) is 0.282. The van der Waals surface area contributed by atoms with Crippen molar-refractivity contribution < 1.29 is 47.0 Å². The molecule has 1 amide bonds. The minimum Gasteiger partial charge on any atom is -0.743 e. The highest BCUT2D eigenvalue weighted by atomic mass is 32.2. The second-order valence-corrected chi connectivity index (χ2v) is 15.2. The number of hydrogen-bond acceptors (Lipinski definition) is 13. The second-order valence-electron chi connectivity index (χ2n) is 9.97. The number of ether oxygens (including phenoxy) is 2. The molecule has 44 heavy (non-hydrogen) atoms. The van der Waals surface area contributed by atoms with E-state index < -0.39 is 52.0 Å². The largest absolute Gasteiger partial charge is 0.743 e. The minimum atomic E-state index is -4.76. The molecule has 1 aromatic carbocycles. The lowest BCUT2D eigenvalue weighted by Gasteiger charge is -2.49. The number of quaternary nitrogens is 1. The average Bonchev–Trinajstić information content (AvgIpc) is 3.65. The van der Waals surface area contributed by atoms with Gasteiger partial charge in [-0.3, -0.25) is 28.6 Å². The van der Waals surface area contributed by atoms with Crippen LogP contribution in [0.4, 0.5) is 5.69 Å². The van der Waals surface area contributed by atoms with Gasteiger partial charge in [0.15, 0.2) is 37.7 Å². The van der Waals surface area contributed by atoms with Crippen molar-refractivity contribution in [2.24, 2.45) is 0 Å². The van der Waals surface area contributed by atoms with Gasteiger partial charge in [-0.15, -0.1) is 11.3 Å². The summed E-state index contributed by atoms with van der Waals surface area (Å²) in [5.74, 6) is -2.52. The van der Waals surface area contributed by atoms with Gasteiger partial charge < -0.3 is 24.2 Å². The summed E-state index contributed by atoms with van der Waals surface area (Å²) < 4.78 is 49.0. The lowest BCUT2D eigenvalue weighted by molar-refractivity contribution is -0.140. The van der Waals surface area contributed by atoms with Crippen molar-refractivity contribution in [3.63, 3.8) is 0 Å². The normalized spacial score (nSPS) is 25.1. The van der Waals surface area contributed by atoms with E-state index in [1.807, 2.05) is 0 Å². The number of carboxylic acids is 2. The Morgan fingerprint density at radius 1 is 1.16 bits per heavy atom. The number of thiazole rings is 1. The number of carboxylic acid groups (broad SMARTS) is 2. The third-order valence-corrected chi connectivity index (χ3v) is 12.8. The summed E-state index contributed by atoms with van der Waals surface area (Å²) in [4.78, 5) is 51.3. The molecule has 6 rings (SSSR count). The van der Waals surface area contributed by atoms with Crippen LogP contribution in [0, 0.1) is 0 Å². The minimum absolute atomic E-state index is 0.00272. The number of thiocarbonyl (C=S) groups is 1. The van der Waals surface area contributed by atoms with E-state index in [9.17, 15) is 42.4 Å². The third kappa shape index (κ3) is 4.86. The van der Waals surface area contributed by atoms with Gasteiger partial charge in [-0.25, -0.2) is 12.9 Å². The number of thioether (sulfide) groups is 2. The topological polar surface area (TPSA) is 193 Å². The molecule has 14 nitrogen and oxygen atoms in total. The van der Waals surface area contributed by atoms with Gasteiger partial charge in [0.2, 0.25) is 6.79 Å². The molecular formula is C25H21N3O11S5. The Morgan fingerprint density at radius 3 is 2.43 bits per heavy atom.